The summed E-state index contributed by atoms with van der Waals surface area (Å²) in [6.07, 6.45) is -3.47. The Morgan fingerprint density at radius 3 is 2.41 bits per heavy atom. The molecule has 0 radical (unpaired) electrons. The average molecular weight is 250 g/mol. The van der Waals surface area contributed by atoms with Crippen LogP contribution in [0.25, 0.3) is 0 Å². The summed E-state index contributed by atoms with van der Waals surface area (Å²) in [6, 6.07) is -0.906. The van der Waals surface area contributed by atoms with Gasteiger partial charge in [0.2, 0.25) is 5.95 Å². The van der Waals surface area contributed by atoms with Crippen molar-refractivity contribution >= 4 is 11.6 Å². The summed E-state index contributed by atoms with van der Waals surface area (Å²) >= 11 is 0. The van der Waals surface area contributed by atoms with E-state index in [0.717, 1.165) is 12.4 Å². The standard InChI is InChI=1S/C8H9F3N4O2/c1-5(2-8(9,10)11)14-7-12-3-6(4-13-7)15(16)17/h3-5H,2H2,1H3,(H,12,13,14). The van der Waals surface area contributed by atoms with E-state index in [-0.39, 0.29) is 11.6 Å². The van der Waals surface area contributed by atoms with E-state index < -0.39 is 23.6 Å². The van der Waals surface area contributed by atoms with Crippen LogP contribution in [0.4, 0.5) is 24.8 Å². The highest BCUT2D eigenvalue weighted by Crippen LogP contribution is 2.22. The van der Waals surface area contributed by atoms with Gasteiger partial charge in [-0.2, -0.15) is 13.2 Å². The van der Waals surface area contributed by atoms with Crippen LogP contribution < -0.4 is 5.32 Å². The van der Waals surface area contributed by atoms with Crippen molar-refractivity contribution < 1.29 is 18.1 Å². The molecule has 0 aliphatic heterocycles. The lowest BCUT2D eigenvalue weighted by Gasteiger charge is -2.15. The van der Waals surface area contributed by atoms with Crippen LogP contribution in [0.5, 0.6) is 0 Å². The minimum atomic E-state index is -4.28. The lowest BCUT2D eigenvalue weighted by molar-refractivity contribution is -0.385. The van der Waals surface area contributed by atoms with Gasteiger partial charge < -0.3 is 5.32 Å². The number of hydrogen-bond donors (Lipinski definition) is 1. The van der Waals surface area contributed by atoms with Gasteiger partial charge in [0.15, 0.2) is 0 Å². The molecule has 1 atom stereocenters. The van der Waals surface area contributed by atoms with E-state index in [0.29, 0.717) is 0 Å². The third kappa shape index (κ3) is 4.62. The summed E-state index contributed by atoms with van der Waals surface area (Å²) in [5.41, 5.74) is -0.320. The molecule has 6 nitrogen and oxygen atoms in total. The van der Waals surface area contributed by atoms with Gasteiger partial charge in [0, 0.05) is 6.04 Å². The summed E-state index contributed by atoms with van der Waals surface area (Å²) in [7, 11) is 0. The van der Waals surface area contributed by atoms with Crippen molar-refractivity contribution in [3.63, 3.8) is 0 Å². The second-order valence-electron chi connectivity index (χ2n) is 3.39. The topological polar surface area (TPSA) is 81.0 Å². The van der Waals surface area contributed by atoms with Gasteiger partial charge in [0.1, 0.15) is 12.4 Å². The molecule has 94 valence electrons. The number of nitrogens with zero attached hydrogens (tertiary/aromatic N) is 3. The minimum absolute atomic E-state index is 0.0765. The van der Waals surface area contributed by atoms with Gasteiger partial charge in [-0.1, -0.05) is 0 Å². The fraction of sp³-hybridized carbons (Fsp3) is 0.500. The zero-order valence-electron chi connectivity index (χ0n) is 8.73. The maximum atomic E-state index is 12.0. The number of anilines is 1. The van der Waals surface area contributed by atoms with E-state index in [4.69, 9.17) is 0 Å². The normalized spacial score (nSPS) is 13.2. The van der Waals surface area contributed by atoms with Crippen LogP contribution >= 0.6 is 0 Å². The fourth-order valence-electron chi connectivity index (χ4n) is 1.11. The first-order valence-electron chi connectivity index (χ1n) is 4.57. The molecule has 0 aliphatic rings. The van der Waals surface area contributed by atoms with Crippen LogP contribution in [0.3, 0.4) is 0 Å². The van der Waals surface area contributed by atoms with Gasteiger partial charge in [0.25, 0.3) is 0 Å². The molecule has 0 spiro atoms. The highest BCUT2D eigenvalue weighted by Gasteiger charge is 2.30. The molecule has 0 amide bonds. The van der Waals surface area contributed by atoms with Crippen molar-refractivity contribution in [1.82, 2.24) is 9.97 Å². The van der Waals surface area contributed by atoms with E-state index in [1.807, 2.05) is 0 Å². The first-order chi connectivity index (χ1) is 7.78. The molecule has 17 heavy (non-hydrogen) atoms. The van der Waals surface area contributed by atoms with Gasteiger partial charge in [-0.25, -0.2) is 9.97 Å². The van der Waals surface area contributed by atoms with Crippen molar-refractivity contribution in [1.29, 1.82) is 0 Å². The predicted octanol–water partition coefficient (Wildman–Crippen LogP) is 2.14. The number of alkyl halides is 3. The van der Waals surface area contributed by atoms with Crippen LogP contribution in [0.1, 0.15) is 13.3 Å². The molecular weight excluding hydrogens is 241 g/mol. The Kier molecular flexibility index (Phi) is 3.81. The van der Waals surface area contributed by atoms with Crippen LogP contribution in [0.15, 0.2) is 12.4 Å². The van der Waals surface area contributed by atoms with Crippen LogP contribution in [-0.2, 0) is 0 Å². The molecule has 1 rings (SSSR count). The number of nitrogens with one attached hydrogen (secondary N) is 1. The lowest BCUT2D eigenvalue weighted by Crippen LogP contribution is -2.24. The Morgan fingerprint density at radius 1 is 1.47 bits per heavy atom. The Labute approximate surface area is 94.0 Å². The quantitative estimate of drug-likeness (QED) is 0.654. The second-order valence-corrected chi connectivity index (χ2v) is 3.39. The molecule has 0 saturated carbocycles. The number of nitro groups is 1. The van der Waals surface area contributed by atoms with E-state index in [1.54, 1.807) is 0 Å². The Morgan fingerprint density at radius 2 is 2.00 bits per heavy atom. The van der Waals surface area contributed by atoms with E-state index in [1.165, 1.54) is 6.92 Å². The Hall–Kier alpha value is -1.93. The summed E-state index contributed by atoms with van der Waals surface area (Å²) < 4.78 is 36.0. The zero-order valence-corrected chi connectivity index (χ0v) is 8.73. The van der Waals surface area contributed by atoms with Crippen molar-refractivity contribution in [2.45, 2.75) is 25.6 Å². The third-order valence-electron chi connectivity index (χ3n) is 1.76. The summed E-state index contributed by atoms with van der Waals surface area (Å²) in [5, 5.41) is 12.7. The number of halogens is 3. The molecule has 0 fully saturated rings. The van der Waals surface area contributed by atoms with Gasteiger partial charge in [0.05, 0.1) is 11.3 Å². The molecule has 1 unspecified atom stereocenters. The van der Waals surface area contributed by atoms with E-state index in [2.05, 4.69) is 15.3 Å². The van der Waals surface area contributed by atoms with Crippen molar-refractivity contribution in [3.05, 3.63) is 22.5 Å². The molecule has 0 aliphatic carbocycles. The van der Waals surface area contributed by atoms with Gasteiger partial charge in [-0.05, 0) is 6.92 Å². The molecule has 1 N–H and O–H groups in total. The maximum Gasteiger partial charge on any atom is 0.391 e. The third-order valence-corrected chi connectivity index (χ3v) is 1.76. The lowest BCUT2D eigenvalue weighted by atomic mass is 10.2. The summed E-state index contributed by atoms with van der Waals surface area (Å²) in [6.45, 7) is 1.32. The van der Waals surface area contributed by atoms with Crippen molar-refractivity contribution in [3.8, 4) is 0 Å². The monoisotopic (exact) mass is 250 g/mol. The summed E-state index contributed by atoms with van der Waals surface area (Å²) in [4.78, 5) is 16.7. The molecular formula is C8H9F3N4O2. The molecule has 1 aromatic rings. The van der Waals surface area contributed by atoms with Crippen LogP contribution in [-0.4, -0.2) is 27.1 Å². The van der Waals surface area contributed by atoms with Gasteiger partial charge >= 0.3 is 11.9 Å². The number of aromatic nitrogens is 2. The van der Waals surface area contributed by atoms with Crippen molar-refractivity contribution in [2.24, 2.45) is 0 Å². The summed E-state index contributed by atoms with van der Waals surface area (Å²) in [5.74, 6) is -0.0765. The van der Waals surface area contributed by atoms with Gasteiger partial charge in [-0.3, -0.25) is 10.1 Å². The van der Waals surface area contributed by atoms with E-state index >= 15 is 0 Å². The minimum Gasteiger partial charge on any atom is -0.351 e. The molecule has 9 heteroatoms. The second kappa shape index (κ2) is 4.93. The molecule has 1 heterocycles. The smallest absolute Gasteiger partial charge is 0.351 e. The van der Waals surface area contributed by atoms with Crippen molar-refractivity contribution in [2.75, 3.05) is 5.32 Å². The number of hydrogen-bond acceptors (Lipinski definition) is 5. The Balaban J connectivity index is 2.60. The molecule has 0 saturated heterocycles. The zero-order chi connectivity index (χ0) is 13.1. The Bertz CT molecular complexity index is 393. The average Bonchev–Trinajstić information content (AvgIpc) is 2.15. The largest absolute Gasteiger partial charge is 0.391 e. The van der Waals surface area contributed by atoms with Gasteiger partial charge in [-0.15, -0.1) is 0 Å². The molecule has 0 aromatic carbocycles. The predicted molar refractivity (Wildman–Crippen MR) is 52.4 cm³/mol. The number of rotatable bonds is 4. The van der Waals surface area contributed by atoms with E-state index in [9.17, 15) is 23.3 Å². The van der Waals surface area contributed by atoms with Crippen LogP contribution in [0.2, 0.25) is 0 Å². The first kappa shape index (κ1) is 13.1. The maximum absolute atomic E-state index is 12.0. The highest BCUT2D eigenvalue weighted by atomic mass is 19.4. The SMILES string of the molecule is CC(CC(F)(F)F)Nc1ncc([N+](=O)[O-])cn1. The highest BCUT2D eigenvalue weighted by molar-refractivity contribution is 5.31. The molecule has 0 bridgehead atoms. The van der Waals surface area contributed by atoms with Crippen LogP contribution in [0, 0.1) is 10.1 Å². The fourth-order valence-corrected chi connectivity index (χ4v) is 1.11. The first-order valence-corrected chi connectivity index (χ1v) is 4.57. The molecule has 1 aromatic heterocycles.